The Hall–Kier alpha value is -1.14. The van der Waals surface area contributed by atoms with Crippen LogP contribution in [0.15, 0.2) is 0 Å². The van der Waals surface area contributed by atoms with Crippen molar-refractivity contribution in [3.8, 4) is 0 Å². The average molecular weight is 243 g/mol. The number of carbonyl (C=O) groups excluding carboxylic acids is 1. The van der Waals surface area contributed by atoms with Crippen molar-refractivity contribution in [2.75, 3.05) is 26.4 Å². The highest BCUT2D eigenvalue weighted by Gasteiger charge is 2.43. The van der Waals surface area contributed by atoms with Crippen molar-refractivity contribution in [2.45, 2.75) is 24.8 Å². The van der Waals surface area contributed by atoms with Gasteiger partial charge < -0.3 is 19.9 Å². The number of hydrogen-bond acceptors (Lipinski definition) is 4. The summed E-state index contributed by atoms with van der Waals surface area (Å²) >= 11 is 0. The zero-order valence-corrected chi connectivity index (χ0v) is 9.61. The van der Waals surface area contributed by atoms with Crippen molar-refractivity contribution in [3.63, 3.8) is 0 Å². The fourth-order valence-corrected chi connectivity index (χ4v) is 2.19. The molecule has 2 aliphatic rings. The number of nitrogens with one attached hydrogen (secondary N) is 1. The van der Waals surface area contributed by atoms with Gasteiger partial charge in [0.2, 0.25) is 5.91 Å². The van der Waals surface area contributed by atoms with Gasteiger partial charge in [0.15, 0.2) is 0 Å². The van der Waals surface area contributed by atoms with E-state index in [2.05, 4.69) is 5.32 Å². The predicted octanol–water partition coefficient (Wildman–Crippen LogP) is -0.227. The van der Waals surface area contributed by atoms with Gasteiger partial charge in [0.1, 0.15) is 5.54 Å². The van der Waals surface area contributed by atoms with Gasteiger partial charge in [0.25, 0.3) is 0 Å². The number of aliphatic carboxylic acids is 1. The monoisotopic (exact) mass is 243 g/mol. The Labute approximate surface area is 99.3 Å². The quantitative estimate of drug-likeness (QED) is 0.715. The minimum Gasteiger partial charge on any atom is -0.480 e. The van der Waals surface area contributed by atoms with Crippen LogP contribution in [0.4, 0.5) is 0 Å². The van der Waals surface area contributed by atoms with Gasteiger partial charge in [-0.2, -0.15) is 0 Å². The van der Waals surface area contributed by atoms with E-state index in [9.17, 15) is 14.7 Å². The molecule has 2 saturated heterocycles. The van der Waals surface area contributed by atoms with Crippen LogP contribution in [0, 0.1) is 5.92 Å². The number of carboxylic acid groups (broad SMARTS) is 1. The summed E-state index contributed by atoms with van der Waals surface area (Å²) in [6.07, 6.45) is 1.31. The smallest absolute Gasteiger partial charge is 0.329 e. The molecule has 2 fully saturated rings. The molecule has 0 bridgehead atoms. The topological polar surface area (TPSA) is 84.9 Å². The molecule has 2 rings (SSSR count). The van der Waals surface area contributed by atoms with Gasteiger partial charge in [-0.1, -0.05) is 0 Å². The summed E-state index contributed by atoms with van der Waals surface area (Å²) in [7, 11) is 0. The SMILES string of the molecule is O=C(NC1(C(=O)O)CCOCC1)C1CCOC1. The van der Waals surface area contributed by atoms with E-state index in [1.54, 1.807) is 0 Å². The summed E-state index contributed by atoms with van der Waals surface area (Å²) in [6.45, 7) is 1.70. The number of carboxylic acids is 1. The third-order valence-electron chi connectivity index (χ3n) is 3.42. The number of ether oxygens (including phenoxy) is 2. The van der Waals surface area contributed by atoms with E-state index in [0.717, 1.165) is 0 Å². The van der Waals surface area contributed by atoms with Crippen LogP contribution >= 0.6 is 0 Å². The van der Waals surface area contributed by atoms with Gasteiger partial charge in [-0.3, -0.25) is 4.79 Å². The second-order valence-electron chi connectivity index (χ2n) is 4.55. The Morgan fingerprint density at radius 2 is 1.88 bits per heavy atom. The molecular formula is C11H17NO5. The van der Waals surface area contributed by atoms with E-state index >= 15 is 0 Å². The Morgan fingerprint density at radius 1 is 1.18 bits per heavy atom. The van der Waals surface area contributed by atoms with Crippen molar-refractivity contribution >= 4 is 11.9 Å². The Morgan fingerprint density at radius 3 is 2.41 bits per heavy atom. The molecule has 1 atom stereocenters. The van der Waals surface area contributed by atoms with Crippen LogP contribution in [-0.2, 0) is 19.1 Å². The summed E-state index contributed by atoms with van der Waals surface area (Å²) in [6, 6.07) is 0. The lowest BCUT2D eigenvalue weighted by molar-refractivity contribution is -0.152. The first kappa shape index (κ1) is 12.3. The van der Waals surface area contributed by atoms with Crippen molar-refractivity contribution in [1.29, 1.82) is 0 Å². The summed E-state index contributed by atoms with van der Waals surface area (Å²) in [5.74, 6) is -1.41. The van der Waals surface area contributed by atoms with Crippen LogP contribution < -0.4 is 5.32 Å². The van der Waals surface area contributed by atoms with Crippen LogP contribution in [0.3, 0.4) is 0 Å². The lowest BCUT2D eigenvalue weighted by atomic mass is 9.89. The molecule has 96 valence electrons. The lowest BCUT2D eigenvalue weighted by Gasteiger charge is -2.34. The maximum atomic E-state index is 11.9. The molecule has 2 heterocycles. The highest BCUT2D eigenvalue weighted by molar-refractivity contribution is 5.88. The Kier molecular flexibility index (Phi) is 3.63. The molecule has 0 spiro atoms. The van der Waals surface area contributed by atoms with Gasteiger partial charge in [-0.05, 0) is 6.42 Å². The van der Waals surface area contributed by atoms with E-state index in [1.807, 2.05) is 0 Å². The summed E-state index contributed by atoms with van der Waals surface area (Å²) in [4.78, 5) is 23.3. The molecule has 17 heavy (non-hydrogen) atoms. The number of amides is 1. The van der Waals surface area contributed by atoms with Crippen LogP contribution in [0.1, 0.15) is 19.3 Å². The summed E-state index contributed by atoms with van der Waals surface area (Å²) in [5, 5.41) is 12.0. The first-order chi connectivity index (χ1) is 8.14. The molecule has 0 aromatic carbocycles. The third-order valence-corrected chi connectivity index (χ3v) is 3.42. The van der Waals surface area contributed by atoms with E-state index < -0.39 is 11.5 Å². The maximum Gasteiger partial charge on any atom is 0.329 e. The number of carbonyl (C=O) groups is 2. The Balaban J connectivity index is 2.01. The number of hydrogen-bond donors (Lipinski definition) is 2. The first-order valence-corrected chi connectivity index (χ1v) is 5.85. The second kappa shape index (κ2) is 5.01. The normalized spacial score (nSPS) is 27.6. The Bertz CT molecular complexity index is 305. The van der Waals surface area contributed by atoms with Gasteiger partial charge in [0, 0.05) is 32.7 Å². The van der Waals surface area contributed by atoms with E-state index in [0.29, 0.717) is 45.7 Å². The van der Waals surface area contributed by atoms with Crippen molar-refractivity contribution < 1.29 is 24.2 Å². The highest BCUT2D eigenvalue weighted by atomic mass is 16.5. The largest absolute Gasteiger partial charge is 0.480 e. The van der Waals surface area contributed by atoms with Crippen LogP contribution in [0.5, 0.6) is 0 Å². The van der Waals surface area contributed by atoms with E-state index in [-0.39, 0.29) is 11.8 Å². The molecule has 0 radical (unpaired) electrons. The average Bonchev–Trinajstić information content (AvgIpc) is 2.83. The molecule has 1 unspecified atom stereocenters. The molecule has 2 N–H and O–H groups in total. The molecule has 0 aliphatic carbocycles. The highest BCUT2D eigenvalue weighted by Crippen LogP contribution is 2.23. The lowest BCUT2D eigenvalue weighted by Crippen LogP contribution is -2.58. The summed E-state index contributed by atoms with van der Waals surface area (Å²) in [5.41, 5.74) is -1.15. The van der Waals surface area contributed by atoms with E-state index in [1.165, 1.54) is 0 Å². The fourth-order valence-electron chi connectivity index (χ4n) is 2.19. The first-order valence-electron chi connectivity index (χ1n) is 5.85. The minimum absolute atomic E-state index is 0.214. The predicted molar refractivity (Wildman–Crippen MR) is 57.5 cm³/mol. The van der Waals surface area contributed by atoms with Gasteiger partial charge in [-0.25, -0.2) is 4.79 Å². The molecule has 0 aromatic rings. The van der Waals surface area contributed by atoms with Crippen molar-refractivity contribution in [3.05, 3.63) is 0 Å². The molecule has 6 nitrogen and oxygen atoms in total. The van der Waals surface area contributed by atoms with E-state index in [4.69, 9.17) is 9.47 Å². The second-order valence-corrected chi connectivity index (χ2v) is 4.55. The maximum absolute atomic E-state index is 11.9. The van der Waals surface area contributed by atoms with Crippen molar-refractivity contribution in [1.82, 2.24) is 5.32 Å². The van der Waals surface area contributed by atoms with Gasteiger partial charge in [0.05, 0.1) is 12.5 Å². The van der Waals surface area contributed by atoms with Crippen LogP contribution in [0.2, 0.25) is 0 Å². The molecule has 0 saturated carbocycles. The van der Waals surface area contributed by atoms with Crippen LogP contribution in [-0.4, -0.2) is 48.9 Å². The van der Waals surface area contributed by atoms with Gasteiger partial charge in [-0.15, -0.1) is 0 Å². The molecular weight excluding hydrogens is 226 g/mol. The third kappa shape index (κ3) is 2.58. The molecule has 1 amide bonds. The van der Waals surface area contributed by atoms with Crippen LogP contribution in [0.25, 0.3) is 0 Å². The van der Waals surface area contributed by atoms with Gasteiger partial charge >= 0.3 is 5.97 Å². The standard InChI is InChI=1S/C11H17NO5/c13-9(8-1-4-17-7-8)12-11(10(14)15)2-5-16-6-3-11/h8H,1-7H2,(H,12,13)(H,14,15). The molecule has 0 aromatic heterocycles. The summed E-state index contributed by atoms with van der Waals surface area (Å²) < 4.78 is 10.3. The molecule has 2 aliphatic heterocycles. The fraction of sp³-hybridized carbons (Fsp3) is 0.818. The number of rotatable bonds is 3. The zero-order chi connectivity index (χ0) is 12.3. The minimum atomic E-state index is -1.15. The van der Waals surface area contributed by atoms with Crippen molar-refractivity contribution in [2.24, 2.45) is 5.92 Å². The molecule has 6 heteroatoms. The zero-order valence-electron chi connectivity index (χ0n) is 9.61.